The van der Waals surface area contributed by atoms with Gasteiger partial charge in [-0.15, -0.1) is 0 Å². The van der Waals surface area contributed by atoms with Crippen LogP contribution in [0.1, 0.15) is 33.6 Å². The Morgan fingerprint density at radius 2 is 2.20 bits per heavy atom. The zero-order valence-electron chi connectivity index (χ0n) is 7.15. The molecule has 2 N–H and O–H groups in total. The van der Waals surface area contributed by atoms with Crippen LogP contribution in [0.25, 0.3) is 0 Å². The van der Waals surface area contributed by atoms with Crippen molar-refractivity contribution in [2.75, 3.05) is 0 Å². The molecule has 0 heterocycles. The van der Waals surface area contributed by atoms with Crippen LogP contribution < -0.4 is 5.73 Å². The van der Waals surface area contributed by atoms with Gasteiger partial charge in [0, 0.05) is 6.04 Å². The number of rotatable bonds is 0. The van der Waals surface area contributed by atoms with Crippen molar-refractivity contribution < 1.29 is 0 Å². The monoisotopic (exact) mass is 139 g/mol. The molecule has 1 unspecified atom stereocenters. The Hall–Kier alpha value is -0.300. The van der Waals surface area contributed by atoms with Crippen molar-refractivity contribution in [3.8, 4) is 0 Å². The van der Waals surface area contributed by atoms with Crippen molar-refractivity contribution in [2.24, 2.45) is 11.1 Å². The minimum Gasteiger partial charge on any atom is -0.324 e. The summed E-state index contributed by atoms with van der Waals surface area (Å²) in [5.41, 5.74) is 7.58. The van der Waals surface area contributed by atoms with E-state index >= 15 is 0 Å². The van der Waals surface area contributed by atoms with Crippen LogP contribution in [-0.4, -0.2) is 6.04 Å². The van der Waals surface area contributed by atoms with Gasteiger partial charge in [-0.05, 0) is 25.2 Å². The lowest BCUT2D eigenvalue weighted by Crippen LogP contribution is -2.29. The Kier molecular flexibility index (Phi) is 1.86. The summed E-state index contributed by atoms with van der Waals surface area (Å²) in [6, 6.07) is 0.327. The van der Waals surface area contributed by atoms with Gasteiger partial charge in [-0.3, -0.25) is 0 Å². The fourth-order valence-corrected chi connectivity index (χ4v) is 1.55. The predicted octanol–water partition coefficient (Wildman–Crippen LogP) is 2.08. The van der Waals surface area contributed by atoms with Gasteiger partial charge in [-0.2, -0.15) is 0 Å². The first-order valence-corrected chi connectivity index (χ1v) is 3.96. The molecule has 0 aliphatic heterocycles. The number of allylic oxidation sites excluding steroid dienone is 1. The van der Waals surface area contributed by atoms with Crippen LogP contribution in [0.4, 0.5) is 0 Å². The van der Waals surface area contributed by atoms with Gasteiger partial charge in [0.2, 0.25) is 0 Å². The van der Waals surface area contributed by atoms with Gasteiger partial charge < -0.3 is 5.73 Å². The Balaban J connectivity index is 2.76. The zero-order valence-corrected chi connectivity index (χ0v) is 7.15. The summed E-state index contributed by atoms with van der Waals surface area (Å²) in [6.45, 7) is 6.66. The van der Waals surface area contributed by atoms with Gasteiger partial charge in [0.1, 0.15) is 0 Å². The highest BCUT2D eigenvalue weighted by atomic mass is 14.6. The van der Waals surface area contributed by atoms with E-state index in [-0.39, 0.29) is 0 Å². The van der Waals surface area contributed by atoms with E-state index in [2.05, 4.69) is 26.8 Å². The highest BCUT2D eigenvalue weighted by molar-refractivity contribution is 5.15. The molecule has 1 aliphatic carbocycles. The average molecular weight is 139 g/mol. The van der Waals surface area contributed by atoms with E-state index in [1.54, 1.807) is 0 Å². The van der Waals surface area contributed by atoms with E-state index in [9.17, 15) is 0 Å². The molecule has 0 amide bonds. The number of hydrogen-bond acceptors (Lipinski definition) is 1. The van der Waals surface area contributed by atoms with Crippen LogP contribution in [-0.2, 0) is 0 Å². The molecule has 1 rings (SSSR count). The van der Waals surface area contributed by atoms with Crippen LogP contribution >= 0.6 is 0 Å². The first-order valence-electron chi connectivity index (χ1n) is 3.96. The fraction of sp³-hybridized carbons (Fsp3) is 0.778. The van der Waals surface area contributed by atoms with Gasteiger partial charge in [-0.25, -0.2) is 0 Å². The SMILES string of the molecule is CC1=CC(C)(C)CCC1N. The van der Waals surface area contributed by atoms with Crippen LogP contribution in [0.5, 0.6) is 0 Å². The van der Waals surface area contributed by atoms with Crippen LogP contribution in [0.2, 0.25) is 0 Å². The summed E-state index contributed by atoms with van der Waals surface area (Å²) >= 11 is 0. The predicted molar refractivity (Wildman–Crippen MR) is 44.7 cm³/mol. The molecule has 0 spiro atoms. The normalized spacial score (nSPS) is 31.6. The van der Waals surface area contributed by atoms with Gasteiger partial charge in [0.05, 0.1) is 0 Å². The number of hydrogen-bond donors (Lipinski definition) is 1. The van der Waals surface area contributed by atoms with Crippen LogP contribution in [0, 0.1) is 5.41 Å². The third-order valence-corrected chi connectivity index (χ3v) is 2.30. The third kappa shape index (κ3) is 1.60. The molecule has 1 aliphatic rings. The first-order chi connectivity index (χ1) is 4.51. The van der Waals surface area contributed by atoms with Crippen molar-refractivity contribution in [3.05, 3.63) is 11.6 Å². The third-order valence-electron chi connectivity index (χ3n) is 2.30. The maximum atomic E-state index is 5.83. The Bertz CT molecular complexity index is 156. The maximum Gasteiger partial charge on any atom is 0.0251 e. The Morgan fingerprint density at radius 1 is 1.60 bits per heavy atom. The molecule has 0 aromatic carbocycles. The molecule has 0 fully saturated rings. The van der Waals surface area contributed by atoms with Gasteiger partial charge in [0.25, 0.3) is 0 Å². The summed E-state index contributed by atoms with van der Waals surface area (Å²) < 4.78 is 0. The van der Waals surface area contributed by atoms with E-state index in [1.165, 1.54) is 12.0 Å². The molecule has 1 atom stereocenters. The summed E-state index contributed by atoms with van der Waals surface area (Å²) in [6.07, 6.45) is 4.68. The lowest BCUT2D eigenvalue weighted by molar-refractivity contribution is 0.379. The highest BCUT2D eigenvalue weighted by Gasteiger charge is 2.22. The molecule has 0 aromatic rings. The molecule has 0 bridgehead atoms. The number of nitrogens with two attached hydrogens (primary N) is 1. The van der Waals surface area contributed by atoms with E-state index in [1.807, 2.05) is 0 Å². The van der Waals surface area contributed by atoms with Crippen molar-refractivity contribution >= 4 is 0 Å². The Morgan fingerprint density at radius 3 is 2.60 bits per heavy atom. The lowest BCUT2D eigenvalue weighted by atomic mass is 9.78. The van der Waals surface area contributed by atoms with Gasteiger partial charge in [-0.1, -0.05) is 25.5 Å². The zero-order chi connectivity index (χ0) is 7.78. The molecule has 1 heteroatoms. The second-order valence-electron chi connectivity index (χ2n) is 4.02. The summed E-state index contributed by atoms with van der Waals surface area (Å²) in [5.74, 6) is 0. The standard InChI is InChI=1S/C9H17N/c1-7-6-9(2,3)5-4-8(7)10/h6,8H,4-5,10H2,1-3H3. The average Bonchev–Trinajstić information content (AvgIpc) is 1.79. The van der Waals surface area contributed by atoms with Crippen molar-refractivity contribution in [1.82, 2.24) is 0 Å². The highest BCUT2D eigenvalue weighted by Crippen LogP contribution is 2.31. The van der Waals surface area contributed by atoms with Crippen molar-refractivity contribution in [2.45, 2.75) is 39.7 Å². The molecule has 58 valence electrons. The molecule has 0 radical (unpaired) electrons. The molecule has 1 nitrogen and oxygen atoms in total. The smallest absolute Gasteiger partial charge is 0.0251 e. The minimum absolute atomic E-state index is 0.327. The molecule has 0 saturated heterocycles. The largest absolute Gasteiger partial charge is 0.324 e. The molecule has 0 saturated carbocycles. The molecular formula is C9H17N. The van der Waals surface area contributed by atoms with Gasteiger partial charge >= 0.3 is 0 Å². The first kappa shape index (κ1) is 7.80. The fourth-order valence-electron chi connectivity index (χ4n) is 1.55. The summed E-state index contributed by atoms with van der Waals surface area (Å²) in [7, 11) is 0. The van der Waals surface area contributed by atoms with E-state index in [0.29, 0.717) is 11.5 Å². The second kappa shape index (κ2) is 2.39. The van der Waals surface area contributed by atoms with Crippen molar-refractivity contribution in [1.29, 1.82) is 0 Å². The molecular weight excluding hydrogens is 122 g/mol. The minimum atomic E-state index is 0.327. The molecule has 0 aromatic heterocycles. The Labute approximate surface area is 63.3 Å². The lowest BCUT2D eigenvalue weighted by Gasteiger charge is -2.30. The van der Waals surface area contributed by atoms with E-state index in [0.717, 1.165) is 6.42 Å². The quantitative estimate of drug-likeness (QED) is 0.511. The summed E-state index contributed by atoms with van der Waals surface area (Å²) in [4.78, 5) is 0. The molecule has 10 heavy (non-hydrogen) atoms. The van der Waals surface area contributed by atoms with E-state index in [4.69, 9.17) is 5.73 Å². The second-order valence-corrected chi connectivity index (χ2v) is 4.02. The topological polar surface area (TPSA) is 26.0 Å². The van der Waals surface area contributed by atoms with Gasteiger partial charge in [0.15, 0.2) is 0 Å². The van der Waals surface area contributed by atoms with Crippen molar-refractivity contribution in [3.63, 3.8) is 0 Å². The van der Waals surface area contributed by atoms with Crippen LogP contribution in [0.3, 0.4) is 0 Å². The maximum absolute atomic E-state index is 5.83. The summed E-state index contributed by atoms with van der Waals surface area (Å²) in [5, 5.41) is 0. The van der Waals surface area contributed by atoms with E-state index < -0.39 is 0 Å². The van der Waals surface area contributed by atoms with Crippen LogP contribution in [0.15, 0.2) is 11.6 Å².